The summed E-state index contributed by atoms with van der Waals surface area (Å²) in [6.45, 7) is 16.2. The predicted molar refractivity (Wildman–Crippen MR) is 165 cm³/mol. The Morgan fingerprint density at radius 2 is 1.68 bits per heavy atom. The van der Waals surface area contributed by atoms with Crippen LogP contribution in [0.15, 0.2) is 36.9 Å². The summed E-state index contributed by atoms with van der Waals surface area (Å²) in [6.07, 6.45) is 1.47. The van der Waals surface area contributed by atoms with Gasteiger partial charge in [-0.15, -0.1) is 6.58 Å². The van der Waals surface area contributed by atoms with Crippen LogP contribution in [0.3, 0.4) is 0 Å². The number of aryl methyl sites for hydroxylation is 1. The number of hydrogen-bond donors (Lipinski definition) is 4. The molecule has 1 saturated heterocycles. The Labute approximate surface area is 259 Å². The molecule has 4 N–H and O–H groups in total. The van der Waals surface area contributed by atoms with Gasteiger partial charge in [0, 0.05) is 13.1 Å². The molecule has 1 heterocycles. The maximum atomic E-state index is 13.7. The van der Waals surface area contributed by atoms with E-state index in [0.29, 0.717) is 12.8 Å². The fourth-order valence-corrected chi connectivity index (χ4v) is 4.68. The van der Waals surface area contributed by atoms with E-state index in [4.69, 9.17) is 4.74 Å². The van der Waals surface area contributed by atoms with Gasteiger partial charge in [-0.3, -0.25) is 24.0 Å². The molecular formula is C32H47N5O7. The number of hydrogen-bond acceptors (Lipinski definition) is 7. The Bertz CT molecular complexity index is 1250. The van der Waals surface area contributed by atoms with E-state index in [1.165, 1.54) is 11.0 Å². The van der Waals surface area contributed by atoms with Crippen LogP contribution in [0, 0.1) is 12.3 Å². The van der Waals surface area contributed by atoms with Gasteiger partial charge in [0.15, 0.2) is 0 Å². The highest BCUT2D eigenvalue weighted by molar-refractivity contribution is 6.38. The van der Waals surface area contributed by atoms with Crippen LogP contribution in [0.4, 0.5) is 4.79 Å². The van der Waals surface area contributed by atoms with E-state index in [9.17, 15) is 28.8 Å². The second-order valence-electron chi connectivity index (χ2n) is 13.0. The quantitative estimate of drug-likeness (QED) is 0.208. The molecule has 1 aromatic carbocycles. The van der Waals surface area contributed by atoms with Crippen molar-refractivity contribution < 1.29 is 33.5 Å². The fourth-order valence-electron chi connectivity index (χ4n) is 4.68. The van der Waals surface area contributed by atoms with Gasteiger partial charge in [-0.1, -0.05) is 51.1 Å². The van der Waals surface area contributed by atoms with E-state index in [1.54, 1.807) is 41.5 Å². The average molecular weight is 614 g/mol. The summed E-state index contributed by atoms with van der Waals surface area (Å²) in [5.41, 5.74) is 0.454. The van der Waals surface area contributed by atoms with Gasteiger partial charge in [0.2, 0.25) is 23.5 Å². The first kappa shape index (κ1) is 36.0. The zero-order chi connectivity index (χ0) is 33.2. The summed E-state index contributed by atoms with van der Waals surface area (Å²) < 4.78 is 5.34. The number of ether oxygens (including phenoxy) is 1. The summed E-state index contributed by atoms with van der Waals surface area (Å²) >= 11 is 0. The lowest BCUT2D eigenvalue weighted by atomic mass is 9.85. The topological polar surface area (TPSA) is 163 Å². The number of ketones is 1. The van der Waals surface area contributed by atoms with E-state index in [0.717, 1.165) is 11.1 Å². The minimum Gasteiger partial charge on any atom is -0.444 e. The zero-order valence-corrected chi connectivity index (χ0v) is 26.9. The van der Waals surface area contributed by atoms with Gasteiger partial charge >= 0.3 is 6.09 Å². The van der Waals surface area contributed by atoms with Gasteiger partial charge in [-0.25, -0.2) is 4.79 Å². The number of amides is 5. The van der Waals surface area contributed by atoms with Crippen LogP contribution in [0.2, 0.25) is 0 Å². The van der Waals surface area contributed by atoms with Crippen LogP contribution >= 0.6 is 0 Å². The zero-order valence-electron chi connectivity index (χ0n) is 26.9. The van der Waals surface area contributed by atoms with Crippen LogP contribution in [-0.2, 0) is 35.3 Å². The highest BCUT2D eigenvalue weighted by Crippen LogP contribution is 2.26. The molecule has 0 aromatic heterocycles. The molecule has 1 fully saturated rings. The van der Waals surface area contributed by atoms with Gasteiger partial charge in [0.1, 0.15) is 23.7 Å². The van der Waals surface area contributed by atoms with Crippen molar-refractivity contribution in [2.75, 3.05) is 13.1 Å². The van der Waals surface area contributed by atoms with Gasteiger partial charge in [-0.2, -0.15) is 0 Å². The van der Waals surface area contributed by atoms with E-state index >= 15 is 0 Å². The Balaban J connectivity index is 2.03. The molecule has 12 nitrogen and oxygen atoms in total. The number of rotatable bonds is 12. The minimum absolute atomic E-state index is 0.0387. The standard InChI is InChI=1S/C32H47N5O7/c1-9-13-22(25(39)28(41)34-19-24(38)33-18-21-15-11-10-14-20(21)2)35-27(40)23-16-12-17-37(23)29(42)26(31(3,4)5)36-30(43)44-32(6,7)8/h9-11,14-15,22-23,26H,1,12-13,16-19H2,2-8H3,(H,33,38)(H,34,41)(H,35,40)(H,36,43)/t22?,23?,26-/m1/s1. The average Bonchev–Trinajstić information content (AvgIpc) is 3.42. The fraction of sp³-hybridized carbons (Fsp3) is 0.562. The smallest absolute Gasteiger partial charge is 0.408 e. The predicted octanol–water partition coefficient (Wildman–Crippen LogP) is 2.29. The molecule has 0 saturated carbocycles. The van der Waals surface area contributed by atoms with Gasteiger partial charge < -0.3 is 30.9 Å². The molecule has 1 aromatic rings. The number of benzene rings is 1. The van der Waals surface area contributed by atoms with E-state index in [1.807, 2.05) is 31.2 Å². The number of alkyl carbamates (subject to hydrolysis) is 1. The number of carbonyl (C=O) groups is 6. The molecule has 2 unspecified atom stereocenters. The van der Waals surface area contributed by atoms with Gasteiger partial charge in [-0.05, 0) is 63.5 Å². The normalized spacial score (nSPS) is 16.2. The number of Topliss-reactive ketones (excluding diaryl/α,β-unsaturated/α-hetero) is 1. The highest BCUT2D eigenvalue weighted by atomic mass is 16.6. The molecule has 2 rings (SSSR count). The maximum absolute atomic E-state index is 13.7. The van der Waals surface area contributed by atoms with Crippen molar-refractivity contribution in [3.63, 3.8) is 0 Å². The first-order valence-corrected chi connectivity index (χ1v) is 14.8. The first-order valence-electron chi connectivity index (χ1n) is 14.8. The van der Waals surface area contributed by atoms with E-state index in [2.05, 4.69) is 27.8 Å². The summed E-state index contributed by atoms with van der Waals surface area (Å²) in [5, 5.41) is 10.2. The SMILES string of the molecule is C=CCC(NC(=O)C1CCCN1C(=O)[C@@H](NC(=O)OC(C)(C)C)C(C)(C)C)C(=O)C(=O)NCC(=O)NCc1ccccc1C. The molecule has 1 aliphatic rings. The molecule has 0 aliphatic carbocycles. The van der Waals surface area contributed by atoms with E-state index in [-0.39, 0.29) is 19.5 Å². The largest absolute Gasteiger partial charge is 0.444 e. The number of carbonyl (C=O) groups excluding carboxylic acids is 6. The second kappa shape index (κ2) is 15.5. The number of nitrogens with one attached hydrogen (secondary N) is 4. The van der Waals surface area contributed by atoms with Crippen molar-refractivity contribution in [2.24, 2.45) is 5.41 Å². The molecule has 0 spiro atoms. The molecule has 1 aliphatic heterocycles. The lowest BCUT2D eigenvalue weighted by Gasteiger charge is -2.36. The highest BCUT2D eigenvalue weighted by Gasteiger charge is 2.43. The third-order valence-electron chi connectivity index (χ3n) is 7.02. The number of likely N-dealkylation sites (tertiary alicyclic amines) is 1. The van der Waals surface area contributed by atoms with Crippen LogP contribution < -0.4 is 21.3 Å². The molecule has 44 heavy (non-hydrogen) atoms. The Morgan fingerprint density at radius 1 is 1.02 bits per heavy atom. The summed E-state index contributed by atoms with van der Waals surface area (Å²) in [4.78, 5) is 78.8. The van der Waals surface area contributed by atoms with E-state index < -0.39 is 71.2 Å². The van der Waals surface area contributed by atoms with Gasteiger partial charge in [0.05, 0.1) is 6.54 Å². The third-order valence-corrected chi connectivity index (χ3v) is 7.02. The van der Waals surface area contributed by atoms with Crippen LogP contribution in [0.1, 0.15) is 71.9 Å². The van der Waals surface area contributed by atoms with Crippen LogP contribution in [0.5, 0.6) is 0 Å². The van der Waals surface area contributed by atoms with Crippen molar-refractivity contribution in [3.8, 4) is 0 Å². The van der Waals surface area contributed by atoms with Crippen molar-refractivity contribution in [2.45, 2.75) is 98.0 Å². The van der Waals surface area contributed by atoms with Crippen LogP contribution in [-0.4, -0.2) is 77.2 Å². The molecule has 3 atom stereocenters. The van der Waals surface area contributed by atoms with Crippen molar-refractivity contribution in [1.29, 1.82) is 0 Å². The molecule has 12 heteroatoms. The van der Waals surface area contributed by atoms with Crippen molar-refractivity contribution in [1.82, 2.24) is 26.2 Å². The second-order valence-corrected chi connectivity index (χ2v) is 13.0. The minimum atomic E-state index is -1.24. The molecular weight excluding hydrogens is 566 g/mol. The third kappa shape index (κ3) is 10.8. The monoisotopic (exact) mass is 613 g/mol. The summed E-state index contributed by atoms with van der Waals surface area (Å²) in [5.74, 6) is -3.52. The Morgan fingerprint density at radius 3 is 2.27 bits per heavy atom. The lowest BCUT2D eigenvalue weighted by molar-refractivity contribution is -0.144. The Hall–Kier alpha value is -4.22. The molecule has 0 bridgehead atoms. The summed E-state index contributed by atoms with van der Waals surface area (Å²) in [7, 11) is 0. The van der Waals surface area contributed by atoms with Gasteiger partial charge in [0.25, 0.3) is 5.91 Å². The molecule has 5 amide bonds. The maximum Gasteiger partial charge on any atom is 0.408 e. The molecule has 0 radical (unpaired) electrons. The van der Waals surface area contributed by atoms with Crippen molar-refractivity contribution >= 4 is 35.5 Å². The molecule has 242 valence electrons. The van der Waals surface area contributed by atoms with Crippen LogP contribution in [0.25, 0.3) is 0 Å². The number of nitrogens with zero attached hydrogens (tertiary/aromatic N) is 1. The lowest BCUT2D eigenvalue weighted by Crippen LogP contribution is -2.59. The Kier molecular flexibility index (Phi) is 12.7. The summed E-state index contributed by atoms with van der Waals surface area (Å²) in [6, 6.07) is 4.39. The first-order chi connectivity index (χ1) is 20.4. The van der Waals surface area contributed by atoms with Crippen molar-refractivity contribution in [3.05, 3.63) is 48.0 Å².